The second-order valence-corrected chi connectivity index (χ2v) is 11.7. The summed E-state index contributed by atoms with van der Waals surface area (Å²) < 4.78 is 25.7. The molecule has 2 bridgehead atoms. The van der Waals surface area contributed by atoms with E-state index in [9.17, 15) is 9.65 Å². The zero-order valence-corrected chi connectivity index (χ0v) is 23.3. The van der Waals surface area contributed by atoms with E-state index in [2.05, 4.69) is 32.3 Å². The summed E-state index contributed by atoms with van der Waals surface area (Å²) in [5.74, 6) is 2.50. The van der Waals surface area contributed by atoms with Crippen LogP contribution in [0.5, 0.6) is 0 Å². The lowest BCUT2D eigenvalue weighted by atomic mass is 9.85. The van der Waals surface area contributed by atoms with Crippen molar-refractivity contribution < 1.29 is 13.9 Å². The monoisotopic (exact) mass is 559 g/mol. The number of rotatable bonds is 8. The van der Waals surface area contributed by atoms with Gasteiger partial charge in [-0.05, 0) is 25.0 Å². The fourth-order valence-corrected chi connectivity index (χ4v) is 6.45. The van der Waals surface area contributed by atoms with Crippen LogP contribution in [0.15, 0.2) is 58.7 Å². The van der Waals surface area contributed by atoms with Gasteiger partial charge in [-0.25, -0.2) is 19.4 Å². The Kier molecular flexibility index (Phi) is 6.53. The van der Waals surface area contributed by atoms with E-state index >= 15 is 0 Å². The third-order valence-electron chi connectivity index (χ3n) is 8.82. The molecular weight excluding hydrogens is 525 g/mol. The first-order valence-corrected chi connectivity index (χ1v) is 14.1. The number of methoxy groups -OCH3 is 1. The highest BCUT2D eigenvalue weighted by Crippen LogP contribution is 2.39. The number of aromatic nitrogens is 2. The van der Waals surface area contributed by atoms with Crippen LogP contribution in [0.1, 0.15) is 18.5 Å². The van der Waals surface area contributed by atoms with Crippen molar-refractivity contribution in [2.45, 2.75) is 30.6 Å². The molecule has 1 N–H and O–H groups in total. The molecule has 0 aliphatic carbocycles. The van der Waals surface area contributed by atoms with Crippen molar-refractivity contribution >= 4 is 17.6 Å². The number of hydrogen-bond donors (Lipinski definition) is 1. The van der Waals surface area contributed by atoms with Crippen molar-refractivity contribution in [1.82, 2.24) is 30.2 Å². The number of allylic oxidation sites excluding steroid dienone is 3. The number of nitrogens with zero attached hydrogens (tertiary/aromatic N) is 8. The number of nitriles is 1. The van der Waals surface area contributed by atoms with Crippen LogP contribution in [-0.2, 0) is 9.47 Å². The molecule has 8 rings (SSSR count). The van der Waals surface area contributed by atoms with Gasteiger partial charge in [0.25, 0.3) is 0 Å². The Balaban J connectivity index is 1.05. The first-order chi connectivity index (χ1) is 19.9. The van der Waals surface area contributed by atoms with Gasteiger partial charge in [0.2, 0.25) is 5.88 Å². The van der Waals surface area contributed by atoms with Gasteiger partial charge < -0.3 is 19.7 Å². The van der Waals surface area contributed by atoms with E-state index in [0.717, 1.165) is 43.1 Å². The maximum absolute atomic E-state index is 14.6. The predicted octanol–water partition coefficient (Wildman–Crippen LogP) is 1.82. The third-order valence-corrected chi connectivity index (χ3v) is 8.82. The Bertz CT molecular complexity index is 1400. The zero-order valence-electron chi connectivity index (χ0n) is 23.3. The van der Waals surface area contributed by atoms with Gasteiger partial charge in [0, 0.05) is 69.6 Å². The zero-order chi connectivity index (χ0) is 28.1. The average Bonchev–Trinajstić information content (AvgIpc) is 3.33. The number of hydrogen-bond acceptors (Lipinski definition) is 11. The molecule has 7 aliphatic rings. The van der Waals surface area contributed by atoms with Gasteiger partial charge >= 0.3 is 0 Å². The highest BCUT2D eigenvalue weighted by molar-refractivity contribution is 5.82. The maximum atomic E-state index is 14.6. The van der Waals surface area contributed by atoms with Gasteiger partial charge in [-0.2, -0.15) is 5.26 Å². The lowest BCUT2D eigenvalue weighted by molar-refractivity contribution is -0.00694. The van der Waals surface area contributed by atoms with Crippen molar-refractivity contribution in [3.63, 3.8) is 0 Å². The number of ether oxygens (including phenoxy) is 2. The second kappa shape index (κ2) is 10.2. The number of halogens is 1. The summed E-state index contributed by atoms with van der Waals surface area (Å²) in [6.07, 6.45) is 13.5. The molecule has 3 atom stereocenters. The van der Waals surface area contributed by atoms with Crippen molar-refractivity contribution in [3.05, 3.63) is 59.4 Å². The van der Waals surface area contributed by atoms with Crippen LogP contribution in [0, 0.1) is 17.2 Å². The topological polar surface area (TPSA) is 105 Å². The molecular formula is C29H34FN9O2. The summed E-state index contributed by atoms with van der Waals surface area (Å²) in [4.78, 5) is 18.9. The van der Waals surface area contributed by atoms with Crippen LogP contribution >= 0.6 is 0 Å². The summed E-state index contributed by atoms with van der Waals surface area (Å²) in [5.41, 5.74) is 1.43. The molecule has 11 nitrogen and oxygen atoms in total. The number of anilines is 1. The molecule has 0 spiro atoms. The van der Waals surface area contributed by atoms with Gasteiger partial charge in [0.1, 0.15) is 18.2 Å². The smallest absolute Gasteiger partial charge is 0.208 e. The fraction of sp³-hybridized carbons (Fsp3) is 0.517. The van der Waals surface area contributed by atoms with Crippen molar-refractivity contribution in [1.29, 1.82) is 5.26 Å². The van der Waals surface area contributed by atoms with E-state index < -0.39 is 5.67 Å². The van der Waals surface area contributed by atoms with E-state index in [1.165, 1.54) is 6.42 Å². The van der Waals surface area contributed by atoms with Gasteiger partial charge in [0.15, 0.2) is 5.67 Å². The summed E-state index contributed by atoms with van der Waals surface area (Å²) in [7, 11) is 3.56. The maximum Gasteiger partial charge on any atom is 0.208 e. The molecule has 1 aromatic heterocycles. The molecule has 7 aliphatic heterocycles. The van der Waals surface area contributed by atoms with Crippen LogP contribution in [0.3, 0.4) is 0 Å². The fourth-order valence-electron chi connectivity index (χ4n) is 6.45. The van der Waals surface area contributed by atoms with Crippen LogP contribution < -0.4 is 10.2 Å². The van der Waals surface area contributed by atoms with Crippen molar-refractivity contribution in [3.8, 4) is 6.07 Å². The largest absolute Gasteiger partial charge is 0.489 e. The predicted molar refractivity (Wildman–Crippen MR) is 151 cm³/mol. The summed E-state index contributed by atoms with van der Waals surface area (Å²) in [6, 6.07) is 3.33. The van der Waals surface area contributed by atoms with E-state index in [1.807, 2.05) is 35.6 Å². The van der Waals surface area contributed by atoms with Gasteiger partial charge in [-0.1, -0.05) is 0 Å². The Morgan fingerprint density at radius 3 is 2.68 bits per heavy atom. The van der Waals surface area contributed by atoms with E-state index in [1.54, 1.807) is 19.5 Å². The molecule has 3 unspecified atom stereocenters. The minimum Gasteiger partial charge on any atom is -0.489 e. The highest BCUT2D eigenvalue weighted by atomic mass is 19.1. The standard InChI is InChI=1S/C29H34FN9O2/c1-36-12-20(7-31)28-24(6-23(15-39(28)36)41-18-29(30)16-32-17-29)25-9-34-26(10-33-25)37-13-21-5-22(14-37)38(21)11-19-3-4-27(40-2)35-8-19/h4,6,8-10,15,19,21-22,32H,3,5,11-14,16-18H2,1-2H3. The number of hydrazine groups is 1. The van der Waals surface area contributed by atoms with E-state index in [0.29, 0.717) is 47.5 Å². The summed E-state index contributed by atoms with van der Waals surface area (Å²) in [5, 5.41) is 16.6. The van der Waals surface area contributed by atoms with Gasteiger partial charge in [0.05, 0.1) is 55.3 Å². The molecule has 4 fully saturated rings. The third kappa shape index (κ3) is 4.77. The molecule has 12 heteroatoms. The Morgan fingerprint density at radius 1 is 1.22 bits per heavy atom. The van der Waals surface area contributed by atoms with Crippen LogP contribution in [0.4, 0.5) is 10.2 Å². The van der Waals surface area contributed by atoms with Gasteiger partial charge in [-0.3, -0.25) is 14.9 Å². The van der Waals surface area contributed by atoms with Crippen molar-refractivity contribution in [2.75, 3.05) is 64.9 Å². The Morgan fingerprint density at radius 2 is 2.05 bits per heavy atom. The first kappa shape index (κ1) is 26.1. The number of likely N-dealkylation sites (N-methyl/N-ethyl adjacent to an activating group) is 1. The molecule has 1 aromatic rings. The Labute approximate surface area is 238 Å². The quantitative estimate of drug-likeness (QED) is 0.507. The summed E-state index contributed by atoms with van der Waals surface area (Å²) in [6.45, 7) is 3.85. The number of piperazine rings is 1. The van der Waals surface area contributed by atoms with Crippen molar-refractivity contribution in [2.24, 2.45) is 10.9 Å². The number of fused-ring (bicyclic) bond motifs is 3. The van der Waals surface area contributed by atoms with E-state index in [4.69, 9.17) is 19.4 Å². The van der Waals surface area contributed by atoms with Crippen LogP contribution in [0.25, 0.3) is 5.57 Å². The SMILES string of the molecule is COC1=CCC(CN2C3CC2CN(c2cnc(C4=CC(OCC5(F)CNC5)=CN5C4=C(C#N)CN5C)cn2)C3)C=N1. The minimum absolute atomic E-state index is 0.0330. The number of nitrogens with one attached hydrogen (secondary N) is 1. The highest BCUT2D eigenvalue weighted by Gasteiger charge is 2.45. The lowest BCUT2D eigenvalue weighted by Gasteiger charge is -2.57. The molecule has 41 heavy (non-hydrogen) atoms. The number of alkyl halides is 1. The lowest BCUT2D eigenvalue weighted by Crippen LogP contribution is -2.69. The number of aliphatic imine (C=N–C) groups is 1. The minimum atomic E-state index is -1.36. The molecule has 214 valence electrons. The molecule has 0 saturated carbocycles. The van der Waals surface area contributed by atoms with E-state index in [-0.39, 0.29) is 19.7 Å². The molecule has 0 aromatic carbocycles. The molecule has 0 radical (unpaired) electrons. The number of piperidine rings is 1. The summed E-state index contributed by atoms with van der Waals surface area (Å²) >= 11 is 0. The first-order valence-electron chi connectivity index (χ1n) is 14.1. The molecule has 0 amide bonds. The molecule has 4 saturated heterocycles. The average molecular weight is 560 g/mol. The van der Waals surface area contributed by atoms with Crippen LogP contribution in [0.2, 0.25) is 0 Å². The Hall–Kier alpha value is -3.79. The second-order valence-electron chi connectivity index (χ2n) is 11.7. The normalized spacial score (nSPS) is 28.6. The van der Waals surface area contributed by atoms with Crippen LogP contribution in [-0.4, -0.2) is 109 Å². The molecule has 8 heterocycles. The van der Waals surface area contributed by atoms with Gasteiger partial charge in [-0.15, -0.1) is 0 Å².